The molecular weight excluding hydrogens is 182 g/mol. The fourth-order valence-corrected chi connectivity index (χ4v) is 0.941. The van der Waals surface area contributed by atoms with Gasteiger partial charge in [-0.05, 0) is 0 Å². The molecule has 72 valence electrons. The van der Waals surface area contributed by atoms with Crippen LogP contribution in [0.4, 0.5) is 4.79 Å². The standard InChI is InChI=1S/C10H9NO3/c1-13-10(12)14-9(7-11)8-5-3-2-4-6-8/h2-6,9H,1H3/t9-/m1/s1. The molecular formula is C10H9NO3. The number of rotatable bonds is 2. The van der Waals surface area contributed by atoms with E-state index in [-0.39, 0.29) is 0 Å². The van der Waals surface area contributed by atoms with E-state index in [0.29, 0.717) is 5.56 Å². The highest BCUT2D eigenvalue weighted by molar-refractivity contribution is 5.60. The third kappa shape index (κ3) is 2.49. The van der Waals surface area contributed by atoms with Crippen molar-refractivity contribution in [2.75, 3.05) is 7.11 Å². The lowest BCUT2D eigenvalue weighted by Crippen LogP contribution is -2.09. The van der Waals surface area contributed by atoms with Gasteiger partial charge in [0.25, 0.3) is 0 Å². The molecule has 0 heterocycles. The summed E-state index contributed by atoms with van der Waals surface area (Å²) in [6.07, 6.45) is -1.77. The summed E-state index contributed by atoms with van der Waals surface area (Å²) in [5.74, 6) is 0. The Morgan fingerprint density at radius 1 is 1.43 bits per heavy atom. The van der Waals surface area contributed by atoms with E-state index in [2.05, 4.69) is 4.74 Å². The van der Waals surface area contributed by atoms with Crippen LogP contribution in [0.2, 0.25) is 0 Å². The van der Waals surface area contributed by atoms with Crippen LogP contribution < -0.4 is 0 Å². The molecule has 4 nitrogen and oxygen atoms in total. The van der Waals surface area contributed by atoms with Gasteiger partial charge in [0.1, 0.15) is 6.07 Å². The molecule has 14 heavy (non-hydrogen) atoms. The maximum atomic E-state index is 10.8. The summed E-state index contributed by atoms with van der Waals surface area (Å²) in [5.41, 5.74) is 0.625. The molecule has 0 spiro atoms. The minimum absolute atomic E-state index is 0.625. The molecule has 1 rings (SSSR count). The van der Waals surface area contributed by atoms with E-state index in [1.807, 2.05) is 12.1 Å². The van der Waals surface area contributed by atoms with Crippen LogP contribution in [0.3, 0.4) is 0 Å². The summed E-state index contributed by atoms with van der Waals surface area (Å²) in [5, 5.41) is 8.74. The molecule has 0 aliphatic rings. The quantitative estimate of drug-likeness (QED) is 0.671. The predicted octanol–water partition coefficient (Wildman–Crippen LogP) is 2.03. The molecule has 0 saturated carbocycles. The van der Waals surface area contributed by atoms with Gasteiger partial charge in [-0.1, -0.05) is 30.3 Å². The van der Waals surface area contributed by atoms with Crippen LogP contribution in [-0.4, -0.2) is 13.3 Å². The average molecular weight is 191 g/mol. The molecule has 4 heteroatoms. The molecule has 0 aromatic heterocycles. The van der Waals surface area contributed by atoms with E-state index in [9.17, 15) is 4.79 Å². The van der Waals surface area contributed by atoms with Crippen molar-refractivity contribution in [1.29, 1.82) is 5.26 Å². The highest BCUT2D eigenvalue weighted by atomic mass is 16.7. The topological polar surface area (TPSA) is 59.3 Å². The van der Waals surface area contributed by atoms with Gasteiger partial charge in [-0.25, -0.2) is 4.79 Å². The van der Waals surface area contributed by atoms with E-state index in [1.165, 1.54) is 7.11 Å². The zero-order valence-corrected chi connectivity index (χ0v) is 7.64. The SMILES string of the molecule is COC(=O)O[C@H](C#N)c1ccccc1. The van der Waals surface area contributed by atoms with Crippen molar-refractivity contribution in [3.63, 3.8) is 0 Å². The zero-order valence-electron chi connectivity index (χ0n) is 7.64. The third-order valence-electron chi connectivity index (χ3n) is 1.60. The maximum absolute atomic E-state index is 10.8. The first-order valence-corrected chi connectivity index (χ1v) is 3.97. The van der Waals surface area contributed by atoms with Gasteiger partial charge in [-0.2, -0.15) is 5.26 Å². The second-order valence-electron chi connectivity index (χ2n) is 2.49. The Bertz CT molecular complexity index is 342. The lowest BCUT2D eigenvalue weighted by molar-refractivity contribution is 0.0544. The minimum atomic E-state index is -0.913. The number of hydrogen-bond donors (Lipinski definition) is 0. The number of benzene rings is 1. The van der Waals surface area contributed by atoms with Crippen LogP contribution in [0.15, 0.2) is 30.3 Å². The number of carbonyl (C=O) groups is 1. The van der Waals surface area contributed by atoms with Crippen LogP contribution in [0.1, 0.15) is 11.7 Å². The number of hydrogen-bond acceptors (Lipinski definition) is 4. The molecule has 0 N–H and O–H groups in total. The summed E-state index contributed by atoms with van der Waals surface area (Å²) in [6, 6.07) is 10.6. The zero-order chi connectivity index (χ0) is 10.4. The molecule has 0 amide bonds. The summed E-state index contributed by atoms with van der Waals surface area (Å²) in [6.45, 7) is 0. The molecule has 0 unspecified atom stereocenters. The smallest absolute Gasteiger partial charge is 0.438 e. The van der Waals surface area contributed by atoms with Crippen molar-refractivity contribution in [3.8, 4) is 6.07 Å². The van der Waals surface area contributed by atoms with E-state index in [1.54, 1.807) is 24.3 Å². The first kappa shape index (κ1) is 10.1. The third-order valence-corrected chi connectivity index (χ3v) is 1.60. The van der Waals surface area contributed by atoms with Crippen LogP contribution >= 0.6 is 0 Å². The fraction of sp³-hybridized carbons (Fsp3) is 0.200. The van der Waals surface area contributed by atoms with E-state index >= 15 is 0 Å². The first-order valence-electron chi connectivity index (χ1n) is 3.97. The van der Waals surface area contributed by atoms with Crippen molar-refractivity contribution in [1.82, 2.24) is 0 Å². The molecule has 0 fully saturated rings. The van der Waals surface area contributed by atoms with E-state index < -0.39 is 12.3 Å². The molecule has 0 aliphatic carbocycles. The first-order chi connectivity index (χ1) is 6.77. The molecule has 0 aliphatic heterocycles. The monoisotopic (exact) mass is 191 g/mol. The van der Waals surface area contributed by atoms with Crippen molar-refractivity contribution >= 4 is 6.16 Å². The highest BCUT2D eigenvalue weighted by Crippen LogP contribution is 2.16. The van der Waals surface area contributed by atoms with Gasteiger partial charge in [0.05, 0.1) is 7.11 Å². The second-order valence-corrected chi connectivity index (χ2v) is 2.49. The Morgan fingerprint density at radius 3 is 2.57 bits per heavy atom. The highest BCUT2D eigenvalue weighted by Gasteiger charge is 2.15. The lowest BCUT2D eigenvalue weighted by Gasteiger charge is -2.09. The van der Waals surface area contributed by atoms with Crippen molar-refractivity contribution in [2.24, 2.45) is 0 Å². The number of nitrogens with zero attached hydrogens (tertiary/aromatic N) is 1. The summed E-state index contributed by atoms with van der Waals surface area (Å²) in [7, 11) is 1.20. The van der Waals surface area contributed by atoms with Gasteiger partial charge < -0.3 is 9.47 Å². The molecule has 0 saturated heterocycles. The molecule has 1 aromatic carbocycles. The lowest BCUT2D eigenvalue weighted by atomic mass is 10.1. The Balaban J connectivity index is 2.74. The van der Waals surface area contributed by atoms with Gasteiger partial charge in [0.2, 0.25) is 6.10 Å². The predicted molar refractivity (Wildman–Crippen MR) is 48.3 cm³/mol. The molecule has 0 bridgehead atoms. The van der Waals surface area contributed by atoms with E-state index in [0.717, 1.165) is 0 Å². The van der Waals surface area contributed by atoms with Crippen molar-refractivity contribution < 1.29 is 14.3 Å². The van der Waals surface area contributed by atoms with Crippen LogP contribution in [0.5, 0.6) is 0 Å². The second kappa shape index (κ2) is 4.87. The van der Waals surface area contributed by atoms with Gasteiger partial charge in [0.15, 0.2) is 0 Å². The Labute approximate surface area is 81.7 Å². The fourth-order valence-electron chi connectivity index (χ4n) is 0.941. The van der Waals surface area contributed by atoms with Crippen LogP contribution in [0, 0.1) is 11.3 Å². The Kier molecular flexibility index (Phi) is 3.50. The minimum Gasteiger partial charge on any atom is -0.438 e. The molecule has 1 aromatic rings. The van der Waals surface area contributed by atoms with Crippen molar-refractivity contribution in [3.05, 3.63) is 35.9 Å². The number of nitriles is 1. The normalized spacial score (nSPS) is 11.1. The largest absolute Gasteiger partial charge is 0.509 e. The van der Waals surface area contributed by atoms with Gasteiger partial charge >= 0.3 is 6.16 Å². The van der Waals surface area contributed by atoms with Gasteiger partial charge in [0, 0.05) is 5.56 Å². The van der Waals surface area contributed by atoms with Crippen LogP contribution in [0.25, 0.3) is 0 Å². The molecule has 0 radical (unpaired) electrons. The number of carbonyl (C=O) groups excluding carboxylic acids is 1. The average Bonchev–Trinajstić information content (AvgIpc) is 2.26. The molecule has 1 atom stereocenters. The summed E-state index contributed by atoms with van der Waals surface area (Å²) >= 11 is 0. The van der Waals surface area contributed by atoms with Crippen LogP contribution in [-0.2, 0) is 9.47 Å². The van der Waals surface area contributed by atoms with Gasteiger partial charge in [-0.3, -0.25) is 0 Å². The number of methoxy groups -OCH3 is 1. The Morgan fingerprint density at radius 2 is 2.07 bits per heavy atom. The van der Waals surface area contributed by atoms with E-state index in [4.69, 9.17) is 10.00 Å². The maximum Gasteiger partial charge on any atom is 0.509 e. The Hall–Kier alpha value is -2.02. The van der Waals surface area contributed by atoms with Crippen molar-refractivity contribution in [2.45, 2.75) is 6.10 Å². The van der Waals surface area contributed by atoms with Gasteiger partial charge in [-0.15, -0.1) is 0 Å². The summed E-state index contributed by atoms with van der Waals surface area (Å²) < 4.78 is 9.00. The summed E-state index contributed by atoms with van der Waals surface area (Å²) in [4.78, 5) is 10.8. The number of ether oxygens (including phenoxy) is 2.